The highest BCUT2D eigenvalue weighted by atomic mass is 32.2. The van der Waals surface area contributed by atoms with Crippen LogP contribution in [-0.2, 0) is 25.7 Å². The molecular weight excluding hydrogens is 400 g/mol. The van der Waals surface area contributed by atoms with Crippen molar-refractivity contribution in [2.75, 3.05) is 12.9 Å². The largest absolute Gasteiger partial charge is 0.468 e. The molecule has 0 amide bonds. The molecular formula is C20H20O4S3. The van der Waals surface area contributed by atoms with Crippen LogP contribution < -0.4 is 0 Å². The highest BCUT2D eigenvalue weighted by molar-refractivity contribution is 8.47. The van der Waals surface area contributed by atoms with E-state index in [0.29, 0.717) is 9.28 Å². The fourth-order valence-corrected chi connectivity index (χ4v) is 4.61. The molecule has 7 heteroatoms. The number of methoxy groups -OCH3 is 1. The minimum absolute atomic E-state index is 0.256. The van der Waals surface area contributed by atoms with E-state index in [2.05, 4.69) is 0 Å². The maximum absolute atomic E-state index is 12.1. The highest BCUT2D eigenvalue weighted by Gasteiger charge is 2.24. The van der Waals surface area contributed by atoms with Crippen molar-refractivity contribution in [3.63, 3.8) is 0 Å². The van der Waals surface area contributed by atoms with Crippen molar-refractivity contribution in [1.82, 2.24) is 0 Å². The van der Waals surface area contributed by atoms with Gasteiger partial charge >= 0.3 is 11.9 Å². The van der Waals surface area contributed by atoms with Gasteiger partial charge in [0.2, 0.25) is 0 Å². The van der Waals surface area contributed by atoms with Gasteiger partial charge in [-0.25, -0.2) is 0 Å². The lowest BCUT2D eigenvalue weighted by atomic mass is 10.1. The summed E-state index contributed by atoms with van der Waals surface area (Å²) in [5.74, 6) is -0.120. The number of carbonyl (C=O) groups is 2. The van der Waals surface area contributed by atoms with Crippen molar-refractivity contribution in [3.8, 4) is 0 Å². The first kappa shape index (κ1) is 21.5. The van der Waals surface area contributed by atoms with Crippen molar-refractivity contribution in [2.24, 2.45) is 0 Å². The molecule has 0 aliphatic rings. The first-order chi connectivity index (χ1) is 13.1. The minimum Gasteiger partial charge on any atom is -0.468 e. The zero-order valence-electron chi connectivity index (χ0n) is 14.8. The molecule has 0 aliphatic carbocycles. The lowest BCUT2D eigenvalue weighted by Crippen LogP contribution is -2.12. The van der Waals surface area contributed by atoms with Crippen molar-refractivity contribution in [3.05, 3.63) is 71.8 Å². The van der Waals surface area contributed by atoms with E-state index in [4.69, 9.17) is 21.7 Å². The summed E-state index contributed by atoms with van der Waals surface area (Å²) in [5.41, 5.74) is 1.79. The Morgan fingerprint density at radius 2 is 1.67 bits per heavy atom. The second kappa shape index (κ2) is 11.8. The van der Waals surface area contributed by atoms with Gasteiger partial charge in [-0.05, 0) is 11.1 Å². The Hall–Kier alpha value is -1.83. The van der Waals surface area contributed by atoms with E-state index in [-0.39, 0.29) is 25.0 Å². The van der Waals surface area contributed by atoms with Crippen LogP contribution in [0.5, 0.6) is 0 Å². The molecule has 1 unspecified atom stereocenters. The first-order valence-corrected chi connectivity index (χ1v) is 10.5. The number of rotatable bonds is 8. The standard InChI is InChI=1S/C20H20O4S3/c1-23-19(22)18(16-10-6-3-7-11-16)27-20(25)26-13-12-17(21)24-14-15-8-4-2-5-9-15/h2-11,18H,12-14H2,1H3. The summed E-state index contributed by atoms with van der Waals surface area (Å²) in [6.45, 7) is 0.266. The molecule has 0 aliphatic heterocycles. The zero-order valence-corrected chi connectivity index (χ0v) is 17.3. The number of thioether (sulfide) groups is 2. The van der Waals surface area contributed by atoms with Crippen LogP contribution in [0.15, 0.2) is 60.7 Å². The molecule has 0 spiro atoms. The van der Waals surface area contributed by atoms with Gasteiger partial charge in [-0.2, -0.15) is 0 Å². The third-order valence-corrected chi connectivity index (χ3v) is 6.32. The van der Waals surface area contributed by atoms with Crippen LogP contribution >= 0.6 is 35.7 Å². The number of ether oxygens (including phenoxy) is 2. The average Bonchev–Trinajstić information content (AvgIpc) is 2.71. The Morgan fingerprint density at radius 1 is 1.04 bits per heavy atom. The van der Waals surface area contributed by atoms with E-state index in [1.54, 1.807) is 0 Å². The lowest BCUT2D eigenvalue weighted by Gasteiger charge is -2.14. The summed E-state index contributed by atoms with van der Waals surface area (Å²) in [4.78, 5) is 23.9. The number of hydrogen-bond acceptors (Lipinski definition) is 7. The van der Waals surface area contributed by atoms with Crippen LogP contribution in [0.1, 0.15) is 22.8 Å². The molecule has 1 atom stereocenters. The van der Waals surface area contributed by atoms with Gasteiger partial charge in [0, 0.05) is 5.75 Å². The third kappa shape index (κ3) is 7.74. The first-order valence-electron chi connectivity index (χ1n) is 8.26. The van der Waals surface area contributed by atoms with Crippen LogP contribution in [0.3, 0.4) is 0 Å². The number of thiocarbonyl (C=S) groups is 1. The smallest absolute Gasteiger partial charge is 0.323 e. The second-order valence-corrected chi connectivity index (χ2v) is 8.83. The van der Waals surface area contributed by atoms with Gasteiger partial charge in [-0.1, -0.05) is 84.6 Å². The lowest BCUT2D eigenvalue weighted by molar-refractivity contribution is -0.144. The summed E-state index contributed by atoms with van der Waals surface area (Å²) in [6, 6.07) is 18.9. The maximum Gasteiger partial charge on any atom is 0.323 e. The Kier molecular flexibility index (Phi) is 9.38. The predicted molar refractivity (Wildman–Crippen MR) is 115 cm³/mol. The Morgan fingerprint density at radius 3 is 2.30 bits per heavy atom. The molecule has 4 nitrogen and oxygen atoms in total. The van der Waals surface area contributed by atoms with Gasteiger partial charge in [0.25, 0.3) is 0 Å². The van der Waals surface area contributed by atoms with Crippen LogP contribution in [-0.4, -0.2) is 28.3 Å². The van der Waals surface area contributed by atoms with Crippen LogP contribution in [0, 0.1) is 0 Å². The molecule has 0 heterocycles. The van der Waals surface area contributed by atoms with E-state index >= 15 is 0 Å². The molecule has 0 aromatic heterocycles. The number of carbonyl (C=O) groups excluding carboxylic acids is 2. The fourth-order valence-electron chi connectivity index (χ4n) is 2.15. The van der Waals surface area contributed by atoms with Gasteiger partial charge in [0.1, 0.15) is 15.4 Å². The third-order valence-electron chi connectivity index (χ3n) is 3.50. The van der Waals surface area contributed by atoms with Gasteiger partial charge < -0.3 is 9.47 Å². The summed E-state index contributed by atoms with van der Waals surface area (Å²) in [5, 5.41) is -0.513. The molecule has 2 aromatic rings. The zero-order chi connectivity index (χ0) is 19.5. The van der Waals surface area contributed by atoms with Gasteiger partial charge in [-0.3, -0.25) is 9.59 Å². The normalized spacial score (nSPS) is 11.4. The molecule has 0 saturated carbocycles. The van der Waals surface area contributed by atoms with Crippen LogP contribution in [0.25, 0.3) is 0 Å². The number of hydrogen-bond donors (Lipinski definition) is 0. The number of esters is 2. The monoisotopic (exact) mass is 420 g/mol. The average molecular weight is 421 g/mol. The molecule has 0 bridgehead atoms. The minimum atomic E-state index is -0.513. The van der Waals surface area contributed by atoms with Crippen molar-refractivity contribution in [1.29, 1.82) is 0 Å². The molecule has 2 rings (SSSR count). The van der Waals surface area contributed by atoms with E-state index in [1.807, 2.05) is 60.7 Å². The van der Waals surface area contributed by atoms with E-state index in [9.17, 15) is 9.59 Å². The molecule has 0 radical (unpaired) electrons. The molecule has 142 valence electrons. The highest BCUT2D eigenvalue weighted by Crippen LogP contribution is 2.34. The predicted octanol–water partition coefficient (Wildman–Crippen LogP) is 4.79. The maximum atomic E-state index is 12.1. The van der Waals surface area contributed by atoms with Gasteiger partial charge in [-0.15, -0.1) is 11.8 Å². The number of benzene rings is 2. The van der Waals surface area contributed by atoms with Crippen LogP contribution in [0.2, 0.25) is 0 Å². The van der Waals surface area contributed by atoms with Gasteiger partial charge in [0.15, 0.2) is 0 Å². The summed E-state index contributed by atoms with van der Waals surface area (Å²) < 4.78 is 10.7. The summed E-state index contributed by atoms with van der Waals surface area (Å²) in [7, 11) is 1.36. The quantitative estimate of drug-likeness (QED) is 0.450. The molecule has 0 N–H and O–H groups in total. The van der Waals surface area contributed by atoms with Crippen LogP contribution in [0.4, 0.5) is 0 Å². The summed E-state index contributed by atoms with van der Waals surface area (Å²) >= 11 is 7.98. The second-order valence-electron chi connectivity index (χ2n) is 5.43. The Bertz CT molecular complexity index is 750. The van der Waals surface area contributed by atoms with E-state index in [1.165, 1.54) is 30.6 Å². The molecule has 2 aromatic carbocycles. The van der Waals surface area contributed by atoms with Crippen molar-refractivity contribution < 1.29 is 19.1 Å². The van der Waals surface area contributed by atoms with Crippen molar-refractivity contribution in [2.45, 2.75) is 18.3 Å². The molecule has 0 saturated heterocycles. The molecule has 27 heavy (non-hydrogen) atoms. The molecule has 0 fully saturated rings. The van der Waals surface area contributed by atoms with E-state index < -0.39 is 5.25 Å². The SMILES string of the molecule is COC(=O)C(SC(=S)SCCC(=O)OCc1ccccc1)c1ccccc1. The topological polar surface area (TPSA) is 52.6 Å². The van der Waals surface area contributed by atoms with Gasteiger partial charge in [0.05, 0.1) is 13.5 Å². The Labute approximate surface area is 173 Å². The summed E-state index contributed by atoms with van der Waals surface area (Å²) in [6.07, 6.45) is 0.256. The Balaban J connectivity index is 1.75. The van der Waals surface area contributed by atoms with E-state index in [0.717, 1.165) is 11.1 Å². The van der Waals surface area contributed by atoms with Crippen molar-refractivity contribution >= 4 is 51.2 Å². The fraction of sp³-hybridized carbons (Fsp3) is 0.250.